The summed E-state index contributed by atoms with van der Waals surface area (Å²) in [7, 11) is 0. The van der Waals surface area contributed by atoms with Crippen LogP contribution in [-0.4, -0.2) is 27.4 Å². The molecule has 0 aromatic carbocycles. The smallest absolute Gasteiger partial charge is 0.211 e. The molecule has 0 unspecified atom stereocenters. The number of aliphatic hydroxyl groups excluding tert-OH is 1. The fraction of sp³-hybridized carbons (Fsp3) is 0.222. The molecule has 0 aliphatic heterocycles. The molecule has 0 atom stereocenters. The van der Waals surface area contributed by atoms with Crippen LogP contribution >= 0.6 is 12.4 Å². The molecule has 1 rings (SSSR count). The normalized spacial score (nSPS) is 10.0. The largest absolute Gasteiger partial charge is 0.505 e. The van der Waals surface area contributed by atoms with Crippen molar-refractivity contribution in [3.8, 4) is 5.75 Å². The second-order valence-corrected chi connectivity index (χ2v) is 3.06. The van der Waals surface area contributed by atoms with Crippen LogP contribution in [0.3, 0.4) is 0 Å². The third-order valence-electron chi connectivity index (χ3n) is 1.89. The number of nitrogens with two attached hydrogens (primary N) is 2. The van der Waals surface area contributed by atoms with E-state index in [1.807, 2.05) is 0 Å². The van der Waals surface area contributed by atoms with Crippen molar-refractivity contribution in [2.45, 2.75) is 13.5 Å². The number of rotatable bonds is 3. The summed E-state index contributed by atoms with van der Waals surface area (Å²) < 4.78 is 0. The van der Waals surface area contributed by atoms with Gasteiger partial charge in [-0.3, -0.25) is 4.98 Å². The van der Waals surface area contributed by atoms with Crippen LogP contribution in [0, 0.1) is 6.92 Å². The summed E-state index contributed by atoms with van der Waals surface area (Å²) in [4.78, 5) is 3.90. The molecule has 0 bridgehead atoms. The zero-order valence-electron chi connectivity index (χ0n) is 9.16. The summed E-state index contributed by atoms with van der Waals surface area (Å²) in [6, 6.07) is 0. The summed E-state index contributed by atoms with van der Waals surface area (Å²) in [5.74, 6) is -0.242. The van der Waals surface area contributed by atoms with Crippen molar-refractivity contribution in [2.24, 2.45) is 21.7 Å². The molecular formula is C9H14ClN5O2. The second-order valence-electron chi connectivity index (χ2n) is 3.06. The molecule has 0 saturated heterocycles. The standard InChI is InChI=1S/C9H13N5O2.ClH/c1-5-8(16)7(3-13-14-9(10)11)6(4-15)2-12-5;/h2-3,15-16H,4H2,1H3,(H4,10,11,14);1H/b13-3+;. The summed E-state index contributed by atoms with van der Waals surface area (Å²) in [5.41, 5.74) is 11.4. The van der Waals surface area contributed by atoms with E-state index in [9.17, 15) is 5.11 Å². The van der Waals surface area contributed by atoms with Crippen LogP contribution < -0.4 is 11.5 Å². The van der Waals surface area contributed by atoms with E-state index in [-0.39, 0.29) is 30.7 Å². The van der Waals surface area contributed by atoms with E-state index in [1.165, 1.54) is 12.4 Å². The average Bonchev–Trinajstić information content (AvgIpc) is 2.24. The van der Waals surface area contributed by atoms with Gasteiger partial charge in [-0.1, -0.05) is 0 Å². The van der Waals surface area contributed by atoms with Crippen molar-refractivity contribution in [3.63, 3.8) is 0 Å². The van der Waals surface area contributed by atoms with Gasteiger partial charge in [0.25, 0.3) is 0 Å². The number of aromatic nitrogens is 1. The Morgan fingerprint density at radius 3 is 2.71 bits per heavy atom. The van der Waals surface area contributed by atoms with E-state index >= 15 is 0 Å². The van der Waals surface area contributed by atoms with Gasteiger partial charge in [0.2, 0.25) is 5.96 Å². The fourth-order valence-corrected chi connectivity index (χ4v) is 1.08. The van der Waals surface area contributed by atoms with Crippen LogP contribution in [0.1, 0.15) is 16.8 Å². The third kappa shape index (κ3) is 3.89. The molecule has 0 saturated carbocycles. The summed E-state index contributed by atoms with van der Waals surface area (Å²) in [5, 5.41) is 25.7. The minimum absolute atomic E-state index is 0. The number of halogens is 1. The van der Waals surface area contributed by atoms with Crippen molar-refractivity contribution in [2.75, 3.05) is 0 Å². The van der Waals surface area contributed by atoms with E-state index in [2.05, 4.69) is 15.2 Å². The van der Waals surface area contributed by atoms with E-state index in [0.29, 0.717) is 16.8 Å². The minimum Gasteiger partial charge on any atom is -0.505 e. The van der Waals surface area contributed by atoms with E-state index in [1.54, 1.807) is 6.92 Å². The van der Waals surface area contributed by atoms with Crippen LogP contribution in [0.15, 0.2) is 16.4 Å². The van der Waals surface area contributed by atoms with E-state index in [4.69, 9.17) is 16.6 Å². The Morgan fingerprint density at radius 1 is 1.53 bits per heavy atom. The molecule has 0 fully saturated rings. The van der Waals surface area contributed by atoms with Crippen LogP contribution in [0.4, 0.5) is 0 Å². The van der Waals surface area contributed by atoms with Gasteiger partial charge in [-0.15, -0.1) is 17.5 Å². The molecule has 1 heterocycles. The first-order valence-electron chi connectivity index (χ1n) is 4.46. The molecule has 1 aromatic rings. The molecule has 0 spiro atoms. The van der Waals surface area contributed by atoms with Crippen LogP contribution in [-0.2, 0) is 6.61 Å². The summed E-state index contributed by atoms with van der Waals surface area (Å²) in [6.07, 6.45) is 2.71. The van der Waals surface area contributed by atoms with Gasteiger partial charge in [0.15, 0.2) is 0 Å². The van der Waals surface area contributed by atoms with Gasteiger partial charge >= 0.3 is 0 Å². The molecule has 8 heteroatoms. The zero-order chi connectivity index (χ0) is 12.1. The maximum absolute atomic E-state index is 9.70. The highest BCUT2D eigenvalue weighted by Gasteiger charge is 2.08. The Kier molecular flexibility index (Phi) is 5.94. The summed E-state index contributed by atoms with van der Waals surface area (Å²) >= 11 is 0. The van der Waals surface area contributed by atoms with Crippen molar-refractivity contribution in [1.82, 2.24) is 4.98 Å². The van der Waals surface area contributed by atoms with E-state index < -0.39 is 0 Å². The van der Waals surface area contributed by atoms with Crippen molar-refractivity contribution < 1.29 is 10.2 Å². The molecule has 6 N–H and O–H groups in total. The third-order valence-corrected chi connectivity index (χ3v) is 1.89. The number of aromatic hydroxyl groups is 1. The lowest BCUT2D eigenvalue weighted by Gasteiger charge is -2.06. The first-order valence-corrected chi connectivity index (χ1v) is 4.46. The first kappa shape index (κ1) is 15.1. The zero-order valence-corrected chi connectivity index (χ0v) is 9.98. The molecule has 94 valence electrons. The van der Waals surface area contributed by atoms with Gasteiger partial charge < -0.3 is 21.7 Å². The van der Waals surface area contributed by atoms with Gasteiger partial charge in [-0.05, 0) is 6.92 Å². The van der Waals surface area contributed by atoms with E-state index in [0.717, 1.165) is 0 Å². The Bertz CT molecular complexity index is 443. The Morgan fingerprint density at radius 2 is 2.18 bits per heavy atom. The highest BCUT2D eigenvalue weighted by Crippen LogP contribution is 2.21. The maximum atomic E-state index is 9.70. The number of pyridine rings is 1. The number of nitrogens with zero attached hydrogens (tertiary/aromatic N) is 3. The van der Waals surface area contributed by atoms with Gasteiger partial charge in [-0.25, -0.2) is 0 Å². The lowest BCUT2D eigenvalue weighted by Crippen LogP contribution is -2.21. The topological polar surface area (TPSA) is 130 Å². The molecule has 0 radical (unpaired) electrons. The maximum Gasteiger partial charge on any atom is 0.211 e. The fourth-order valence-electron chi connectivity index (χ4n) is 1.08. The van der Waals surface area contributed by atoms with Crippen LogP contribution in [0.5, 0.6) is 5.75 Å². The lowest BCUT2D eigenvalue weighted by molar-refractivity contribution is 0.280. The van der Waals surface area contributed by atoms with Gasteiger partial charge in [0.1, 0.15) is 5.75 Å². The van der Waals surface area contributed by atoms with Gasteiger partial charge in [-0.2, -0.15) is 5.10 Å². The van der Waals surface area contributed by atoms with Crippen molar-refractivity contribution >= 4 is 24.6 Å². The molecule has 0 amide bonds. The Labute approximate surface area is 104 Å². The van der Waals surface area contributed by atoms with Gasteiger partial charge in [0.05, 0.1) is 18.5 Å². The van der Waals surface area contributed by atoms with Crippen molar-refractivity contribution in [3.05, 3.63) is 23.0 Å². The SMILES string of the molecule is Cc1ncc(CO)c(/C=N/N=C(N)N)c1O.Cl. The first-order chi connectivity index (χ1) is 7.56. The highest BCUT2D eigenvalue weighted by atomic mass is 35.5. The minimum atomic E-state index is -0.260. The lowest BCUT2D eigenvalue weighted by atomic mass is 10.1. The summed E-state index contributed by atoms with van der Waals surface area (Å²) in [6.45, 7) is 1.37. The van der Waals surface area contributed by atoms with Crippen LogP contribution in [0.2, 0.25) is 0 Å². The highest BCUT2D eigenvalue weighted by molar-refractivity contribution is 5.86. The number of aliphatic hydroxyl groups is 1. The predicted octanol–water partition coefficient (Wildman–Crippen LogP) is -0.383. The molecule has 17 heavy (non-hydrogen) atoms. The van der Waals surface area contributed by atoms with Gasteiger partial charge in [0, 0.05) is 17.3 Å². The second kappa shape index (κ2) is 6.66. The number of hydrogen-bond acceptors (Lipinski definition) is 5. The molecule has 0 aliphatic carbocycles. The Balaban J connectivity index is 0.00000256. The Hall–Kier alpha value is -1.86. The quantitative estimate of drug-likeness (QED) is 0.334. The number of guanidine groups is 1. The molecular weight excluding hydrogens is 246 g/mol. The number of aryl methyl sites for hydroxylation is 1. The predicted molar refractivity (Wildman–Crippen MR) is 67.2 cm³/mol. The molecule has 1 aromatic heterocycles. The monoisotopic (exact) mass is 259 g/mol. The van der Waals surface area contributed by atoms with Crippen LogP contribution in [0.25, 0.3) is 0 Å². The molecule has 7 nitrogen and oxygen atoms in total. The molecule has 0 aliphatic rings. The average molecular weight is 260 g/mol. The van der Waals surface area contributed by atoms with Crippen molar-refractivity contribution in [1.29, 1.82) is 0 Å². The number of hydrogen-bond donors (Lipinski definition) is 4.